The van der Waals surface area contributed by atoms with Gasteiger partial charge in [-0.1, -0.05) is 0 Å². The molecule has 0 spiro atoms. The fourth-order valence-corrected chi connectivity index (χ4v) is 2.85. The monoisotopic (exact) mass is 345 g/mol. The fourth-order valence-electron chi connectivity index (χ4n) is 1.82. The van der Waals surface area contributed by atoms with Gasteiger partial charge >= 0.3 is 6.09 Å². The van der Waals surface area contributed by atoms with E-state index in [1.54, 1.807) is 4.72 Å². The number of hydrogen-bond donors (Lipinski definition) is 1. The second-order valence-corrected chi connectivity index (χ2v) is 6.38. The van der Waals surface area contributed by atoms with E-state index in [-0.39, 0.29) is 6.10 Å². The molecule has 0 unspecified atom stereocenters. The second-order valence-electron chi connectivity index (χ2n) is 4.73. The zero-order chi connectivity index (χ0) is 17.2. The molecule has 1 N–H and O–H groups in total. The SMILES string of the molecule is O=C(NS(=O)(=O)c1ccc([N+](=O)[O-])cc1[N+](=O)[O-])OC1CCC1. The van der Waals surface area contributed by atoms with Gasteiger partial charge in [0.2, 0.25) is 0 Å². The summed E-state index contributed by atoms with van der Waals surface area (Å²) in [6.07, 6.45) is 0.467. The molecule has 12 heteroatoms. The summed E-state index contributed by atoms with van der Waals surface area (Å²) in [4.78, 5) is 30.2. The van der Waals surface area contributed by atoms with E-state index in [2.05, 4.69) is 0 Å². The Hall–Kier alpha value is -2.76. The molecule has 124 valence electrons. The van der Waals surface area contributed by atoms with Gasteiger partial charge < -0.3 is 4.74 Å². The number of carbonyl (C=O) groups excluding carboxylic acids is 1. The van der Waals surface area contributed by atoms with Crippen molar-refractivity contribution in [1.82, 2.24) is 4.72 Å². The van der Waals surface area contributed by atoms with Crippen LogP contribution >= 0.6 is 0 Å². The Kier molecular flexibility index (Phi) is 4.45. The van der Waals surface area contributed by atoms with E-state index in [9.17, 15) is 33.4 Å². The Bertz CT molecular complexity index is 771. The lowest BCUT2D eigenvalue weighted by molar-refractivity contribution is -0.396. The van der Waals surface area contributed by atoms with E-state index >= 15 is 0 Å². The molecule has 0 aromatic heterocycles. The maximum absolute atomic E-state index is 12.1. The van der Waals surface area contributed by atoms with Crippen LogP contribution in [0.15, 0.2) is 23.1 Å². The van der Waals surface area contributed by atoms with Gasteiger partial charge in [-0.15, -0.1) is 0 Å². The number of sulfonamides is 1. The van der Waals surface area contributed by atoms with Crippen molar-refractivity contribution in [3.05, 3.63) is 38.4 Å². The van der Waals surface area contributed by atoms with Crippen molar-refractivity contribution in [3.63, 3.8) is 0 Å². The van der Waals surface area contributed by atoms with Gasteiger partial charge in [0, 0.05) is 6.07 Å². The summed E-state index contributed by atoms with van der Waals surface area (Å²) in [6.45, 7) is 0. The van der Waals surface area contributed by atoms with Crippen LogP contribution in [-0.2, 0) is 14.8 Å². The lowest BCUT2D eigenvalue weighted by atomic mass is 9.96. The van der Waals surface area contributed by atoms with Gasteiger partial charge in [-0.2, -0.15) is 0 Å². The van der Waals surface area contributed by atoms with E-state index in [1.165, 1.54) is 0 Å². The zero-order valence-electron chi connectivity index (χ0n) is 11.5. The van der Waals surface area contributed by atoms with E-state index in [1.807, 2.05) is 0 Å². The number of nitrogens with zero attached hydrogens (tertiary/aromatic N) is 2. The van der Waals surface area contributed by atoms with Crippen molar-refractivity contribution in [2.75, 3.05) is 0 Å². The minimum absolute atomic E-state index is 0.378. The largest absolute Gasteiger partial charge is 0.446 e. The molecule has 0 bridgehead atoms. The zero-order valence-corrected chi connectivity index (χ0v) is 12.3. The number of nitro benzene ring substituents is 2. The van der Waals surface area contributed by atoms with Crippen LogP contribution in [0.1, 0.15) is 19.3 Å². The number of carbonyl (C=O) groups is 1. The van der Waals surface area contributed by atoms with Crippen LogP contribution in [0.3, 0.4) is 0 Å². The molecule has 11 nitrogen and oxygen atoms in total. The average Bonchev–Trinajstić information content (AvgIpc) is 2.41. The first kappa shape index (κ1) is 16.6. The van der Waals surface area contributed by atoms with E-state index in [0.29, 0.717) is 25.0 Å². The highest BCUT2D eigenvalue weighted by atomic mass is 32.2. The van der Waals surface area contributed by atoms with Gasteiger partial charge in [-0.05, 0) is 25.3 Å². The van der Waals surface area contributed by atoms with Crippen LogP contribution in [-0.4, -0.2) is 30.5 Å². The van der Waals surface area contributed by atoms with Crippen LogP contribution < -0.4 is 4.72 Å². The van der Waals surface area contributed by atoms with Gasteiger partial charge in [0.15, 0.2) is 4.90 Å². The standard InChI is InChI=1S/C11H11N3O8S/c15-11(22-8-2-1-3-8)12-23(20,21)10-5-4-7(13(16)17)6-9(10)14(18)19/h4-6,8H,1-3H2,(H,12,15). The van der Waals surface area contributed by atoms with Crippen LogP contribution in [0.4, 0.5) is 16.2 Å². The molecule has 1 aromatic carbocycles. The first-order valence-corrected chi connectivity index (χ1v) is 7.85. The molecule has 0 heterocycles. The van der Waals surface area contributed by atoms with E-state index in [4.69, 9.17) is 4.74 Å². The van der Waals surface area contributed by atoms with Crippen LogP contribution in [0.2, 0.25) is 0 Å². The molecule has 1 fully saturated rings. The number of nitro groups is 2. The van der Waals surface area contributed by atoms with Gasteiger partial charge in [0.1, 0.15) is 6.10 Å². The molecule has 0 aliphatic heterocycles. The van der Waals surface area contributed by atoms with Gasteiger partial charge in [0.05, 0.1) is 15.9 Å². The van der Waals surface area contributed by atoms with Crippen LogP contribution in [0, 0.1) is 20.2 Å². The molecule has 0 radical (unpaired) electrons. The Balaban J connectivity index is 2.29. The van der Waals surface area contributed by atoms with E-state index in [0.717, 1.165) is 12.5 Å². The summed E-state index contributed by atoms with van der Waals surface area (Å²) in [5, 5.41) is 21.6. The van der Waals surface area contributed by atoms with Gasteiger partial charge in [-0.25, -0.2) is 17.9 Å². The third-order valence-corrected chi connectivity index (χ3v) is 4.54. The molecule has 2 rings (SSSR count). The summed E-state index contributed by atoms with van der Waals surface area (Å²) >= 11 is 0. The first-order valence-electron chi connectivity index (χ1n) is 6.37. The molecule has 1 aromatic rings. The van der Waals surface area contributed by atoms with Crippen LogP contribution in [0.25, 0.3) is 0 Å². The van der Waals surface area contributed by atoms with Crippen molar-refractivity contribution in [2.24, 2.45) is 0 Å². The molecular weight excluding hydrogens is 334 g/mol. The second kappa shape index (κ2) is 6.16. The predicted molar refractivity (Wildman–Crippen MR) is 74.2 cm³/mol. The predicted octanol–water partition coefficient (Wildman–Crippen LogP) is 1.47. The molecular formula is C11H11N3O8S. The average molecular weight is 345 g/mol. The topological polar surface area (TPSA) is 159 Å². The van der Waals surface area contributed by atoms with Crippen molar-refractivity contribution in [2.45, 2.75) is 30.3 Å². The molecule has 0 saturated heterocycles. The van der Waals surface area contributed by atoms with Crippen molar-refractivity contribution >= 4 is 27.5 Å². The summed E-state index contributed by atoms with van der Waals surface area (Å²) in [7, 11) is -4.60. The Labute approximate surface area is 129 Å². The number of nitrogens with one attached hydrogen (secondary N) is 1. The minimum atomic E-state index is -4.60. The third-order valence-electron chi connectivity index (χ3n) is 3.18. The number of ether oxygens (including phenoxy) is 1. The van der Waals surface area contributed by atoms with Crippen molar-refractivity contribution in [3.8, 4) is 0 Å². The molecule has 1 aliphatic rings. The fraction of sp³-hybridized carbons (Fsp3) is 0.364. The smallest absolute Gasteiger partial charge is 0.421 e. The number of rotatable bonds is 5. The van der Waals surface area contributed by atoms with Crippen molar-refractivity contribution < 1.29 is 27.8 Å². The highest BCUT2D eigenvalue weighted by molar-refractivity contribution is 7.90. The van der Waals surface area contributed by atoms with Gasteiger partial charge in [0.25, 0.3) is 21.4 Å². The molecule has 1 aliphatic carbocycles. The van der Waals surface area contributed by atoms with E-state index < -0.39 is 42.2 Å². The molecule has 1 amide bonds. The lowest BCUT2D eigenvalue weighted by Gasteiger charge is -2.24. The third kappa shape index (κ3) is 3.71. The molecule has 0 atom stereocenters. The summed E-state index contributed by atoms with van der Waals surface area (Å²) in [6, 6.07) is 1.99. The summed E-state index contributed by atoms with van der Waals surface area (Å²) in [5.41, 5.74) is -1.66. The maximum Gasteiger partial charge on any atom is 0.421 e. The normalized spacial score (nSPS) is 14.6. The quantitative estimate of drug-likeness (QED) is 0.620. The Morgan fingerprint density at radius 2 is 1.87 bits per heavy atom. The summed E-state index contributed by atoms with van der Waals surface area (Å²) < 4.78 is 30.5. The molecule has 23 heavy (non-hydrogen) atoms. The number of amides is 1. The maximum atomic E-state index is 12.1. The highest BCUT2D eigenvalue weighted by Gasteiger charge is 2.31. The number of hydrogen-bond acceptors (Lipinski definition) is 8. The highest BCUT2D eigenvalue weighted by Crippen LogP contribution is 2.28. The van der Waals surface area contributed by atoms with Gasteiger partial charge in [-0.3, -0.25) is 20.2 Å². The number of benzene rings is 1. The lowest BCUT2D eigenvalue weighted by Crippen LogP contribution is -2.36. The Morgan fingerprint density at radius 1 is 1.22 bits per heavy atom. The minimum Gasteiger partial charge on any atom is -0.446 e. The van der Waals surface area contributed by atoms with Crippen LogP contribution in [0.5, 0.6) is 0 Å². The Morgan fingerprint density at radius 3 is 2.35 bits per heavy atom. The summed E-state index contributed by atoms with van der Waals surface area (Å²) in [5.74, 6) is 0. The van der Waals surface area contributed by atoms with Crippen molar-refractivity contribution in [1.29, 1.82) is 0 Å². The number of non-ortho nitro benzene ring substituents is 1. The first-order chi connectivity index (χ1) is 10.7. The molecule has 1 saturated carbocycles.